The topological polar surface area (TPSA) is 73.0 Å². The van der Waals surface area contributed by atoms with E-state index in [9.17, 15) is 14.4 Å². The summed E-state index contributed by atoms with van der Waals surface area (Å²) in [5.41, 5.74) is 1.76. The second-order valence-electron chi connectivity index (χ2n) is 6.85. The maximum Gasteiger partial charge on any atom is 0.313 e. The first-order valence-corrected chi connectivity index (χ1v) is 9.25. The molecule has 1 aromatic rings. The zero-order valence-corrected chi connectivity index (χ0v) is 15.2. The van der Waals surface area contributed by atoms with E-state index in [1.165, 1.54) is 31.1 Å². The fourth-order valence-corrected chi connectivity index (χ4v) is 3.46. The molecule has 7 heteroatoms. The van der Waals surface area contributed by atoms with Gasteiger partial charge in [-0.05, 0) is 43.5 Å². The second kappa shape index (κ2) is 8.21. The second-order valence-corrected chi connectivity index (χ2v) is 6.85. The van der Waals surface area contributed by atoms with Crippen molar-refractivity contribution in [1.82, 2.24) is 9.80 Å². The lowest BCUT2D eigenvalue weighted by Gasteiger charge is -2.33. The SMILES string of the molecule is CC(=O)N1CCN(C(=O)C(=O)Nc2ccc(N3CCCCC3)cc2)CC1. The number of nitrogens with one attached hydrogen (secondary N) is 1. The average Bonchev–Trinajstić information content (AvgIpc) is 2.68. The summed E-state index contributed by atoms with van der Waals surface area (Å²) in [6.07, 6.45) is 3.71. The van der Waals surface area contributed by atoms with Gasteiger partial charge in [-0.2, -0.15) is 0 Å². The Labute approximate surface area is 153 Å². The van der Waals surface area contributed by atoms with Gasteiger partial charge < -0.3 is 20.0 Å². The molecule has 0 aromatic heterocycles. The number of amides is 3. The summed E-state index contributed by atoms with van der Waals surface area (Å²) in [6, 6.07) is 7.64. The van der Waals surface area contributed by atoms with Gasteiger partial charge in [0, 0.05) is 57.6 Å². The summed E-state index contributed by atoms with van der Waals surface area (Å²) in [5.74, 6) is -1.18. The number of carbonyl (C=O) groups is 3. The van der Waals surface area contributed by atoms with Gasteiger partial charge in [0.05, 0.1) is 0 Å². The van der Waals surface area contributed by atoms with Gasteiger partial charge in [0.25, 0.3) is 0 Å². The quantitative estimate of drug-likeness (QED) is 0.809. The van der Waals surface area contributed by atoms with E-state index >= 15 is 0 Å². The molecule has 7 nitrogen and oxygen atoms in total. The standard InChI is InChI=1S/C19H26N4O3/c1-15(24)21-11-13-23(14-12-21)19(26)18(25)20-16-5-7-17(8-6-16)22-9-3-2-4-10-22/h5-8H,2-4,9-14H2,1H3,(H,20,25). The van der Waals surface area contributed by atoms with Crippen molar-refractivity contribution >= 4 is 29.1 Å². The minimum atomic E-state index is -0.632. The van der Waals surface area contributed by atoms with Crippen molar-refractivity contribution in [3.63, 3.8) is 0 Å². The number of hydrogen-bond acceptors (Lipinski definition) is 4. The smallest absolute Gasteiger partial charge is 0.313 e. The molecule has 26 heavy (non-hydrogen) atoms. The predicted molar refractivity (Wildman–Crippen MR) is 100.0 cm³/mol. The molecule has 0 bridgehead atoms. The van der Waals surface area contributed by atoms with E-state index in [0.717, 1.165) is 18.8 Å². The van der Waals surface area contributed by atoms with Crippen molar-refractivity contribution in [2.24, 2.45) is 0 Å². The van der Waals surface area contributed by atoms with E-state index in [1.807, 2.05) is 24.3 Å². The minimum Gasteiger partial charge on any atom is -0.372 e. The van der Waals surface area contributed by atoms with Crippen LogP contribution in [0, 0.1) is 0 Å². The van der Waals surface area contributed by atoms with Crippen LogP contribution in [0.4, 0.5) is 11.4 Å². The van der Waals surface area contributed by atoms with Gasteiger partial charge in [-0.1, -0.05) is 0 Å². The van der Waals surface area contributed by atoms with Crippen LogP contribution in [0.15, 0.2) is 24.3 Å². The molecule has 3 amide bonds. The number of carbonyl (C=O) groups excluding carboxylic acids is 3. The highest BCUT2D eigenvalue weighted by molar-refractivity contribution is 6.39. The molecule has 0 saturated carbocycles. The summed E-state index contributed by atoms with van der Waals surface area (Å²) < 4.78 is 0. The van der Waals surface area contributed by atoms with Crippen LogP contribution < -0.4 is 10.2 Å². The Morgan fingerprint density at radius 2 is 1.38 bits per heavy atom. The minimum absolute atomic E-state index is 0.00431. The Bertz CT molecular complexity index is 660. The lowest BCUT2D eigenvalue weighted by atomic mass is 10.1. The number of nitrogens with zero attached hydrogens (tertiary/aromatic N) is 3. The first-order valence-electron chi connectivity index (χ1n) is 9.25. The summed E-state index contributed by atoms with van der Waals surface area (Å²) in [5, 5.41) is 2.67. The van der Waals surface area contributed by atoms with Crippen molar-refractivity contribution in [1.29, 1.82) is 0 Å². The molecule has 0 radical (unpaired) electrons. The maximum atomic E-state index is 12.3. The van der Waals surface area contributed by atoms with Crippen molar-refractivity contribution in [2.45, 2.75) is 26.2 Å². The van der Waals surface area contributed by atoms with Gasteiger partial charge in [-0.25, -0.2) is 0 Å². The molecular formula is C19H26N4O3. The lowest BCUT2D eigenvalue weighted by molar-refractivity contribution is -0.145. The molecule has 1 N–H and O–H groups in total. The highest BCUT2D eigenvalue weighted by Crippen LogP contribution is 2.21. The fourth-order valence-electron chi connectivity index (χ4n) is 3.46. The van der Waals surface area contributed by atoms with E-state index in [2.05, 4.69) is 10.2 Å². The van der Waals surface area contributed by atoms with E-state index < -0.39 is 11.8 Å². The third-order valence-corrected chi connectivity index (χ3v) is 5.05. The monoisotopic (exact) mass is 358 g/mol. The van der Waals surface area contributed by atoms with E-state index in [-0.39, 0.29) is 5.91 Å². The van der Waals surface area contributed by atoms with Gasteiger partial charge in [0.1, 0.15) is 0 Å². The Balaban J connectivity index is 1.52. The Kier molecular flexibility index (Phi) is 5.75. The summed E-state index contributed by atoms with van der Waals surface area (Å²) in [6.45, 7) is 5.36. The molecular weight excluding hydrogens is 332 g/mol. The Morgan fingerprint density at radius 1 is 0.808 bits per heavy atom. The molecule has 140 valence electrons. The normalized spacial score (nSPS) is 17.8. The molecule has 0 atom stereocenters. The van der Waals surface area contributed by atoms with Crippen LogP contribution in [0.3, 0.4) is 0 Å². The zero-order chi connectivity index (χ0) is 18.5. The summed E-state index contributed by atoms with van der Waals surface area (Å²) >= 11 is 0. The lowest BCUT2D eigenvalue weighted by Crippen LogP contribution is -2.52. The zero-order valence-electron chi connectivity index (χ0n) is 15.2. The van der Waals surface area contributed by atoms with Crippen LogP contribution in [0.1, 0.15) is 26.2 Å². The van der Waals surface area contributed by atoms with E-state index in [1.54, 1.807) is 4.90 Å². The number of piperidine rings is 1. The van der Waals surface area contributed by atoms with Crippen LogP contribution in [-0.4, -0.2) is 66.8 Å². The fraction of sp³-hybridized carbons (Fsp3) is 0.526. The van der Waals surface area contributed by atoms with Crippen LogP contribution in [0.5, 0.6) is 0 Å². The molecule has 2 aliphatic heterocycles. The van der Waals surface area contributed by atoms with Crippen LogP contribution in [0.25, 0.3) is 0 Å². The third-order valence-electron chi connectivity index (χ3n) is 5.05. The Morgan fingerprint density at radius 3 is 1.96 bits per heavy atom. The average molecular weight is 358 g/mol. The van der Waals surface area contributed by atoms with Crippen LogP contribution >= 0.6 is 0 Å². The van der Waals surface area contributed by atoms with Crippen molar-refractivity contribution in [3.8, 4) is 0 Å². The molecule has 3 rings (SSSR count). The largest absolute Gasteiger partial charge is 0.372 e. The first kappa shape index (κ1) is 18.2. The molecule has 2 saturated heterocycles. The number of benzene rings is 1. The number of piperazine rings is 1. The molecule has 2 aliphatic rings. The first-order chi connectivity index (χ1) is 12.5. The predicted octanol–water partition coefficient (Wildman–Crippen LogP) is 1.31. The molecule has 0 aliphatic carbocycles. The van der Waals surface area contributed by atoms with Crippen LogP contribution in [-0.2, 0) is 14.4 Å². The molecule has 2 fully saturated rings. The van der Waals surface area contributed by atoms with Crippen molar-refractivity contribution < 1.29 is 14.4 Å². The van der Waals surface area contributed by atoms with Gasteiger partial charge in [-0.15, -0.1) is 0 Å². The molecule has 1 aromatic carbocycles. The van der Waals surface area contributed by atoms with E-state index in [4.69, 9.17) is 0 Å². The number of hydrogen-bond donors (Lipinski definition) is 1. The summed E-state index contributed by atoms with van der Waals surface area (Å²) in [4.78, 5) is 41.4. The highest BCUT2D eigenvalue weighted by atomic mass is 16.2. The van der Waals surface area contributed by atoms with Crippen LogP contribution in [0.2, 0.25) is 0 Å². The van der Waals surface area contributed by atoms with Crippen molar-refractivity contribution in [2.75, 3.05) is 49.5 Å². The number of anilines is 2. The van der Waals surface area contributed by atoms with E-state index in [0.29, 0.717) is 31.9 Å². The molecule has 0 unspecified atom stereocenters. The Hall–Kier alpha value is -2.57. The number of rotatable bonds is 2. The highest BCUT2D eigenvalue weighted by Gasteiger charge is 2.26. The van der Waals surface area contributed by atoms with Gasteiger partial charge in [0.2, 0.25) is 5.91 Å². The molecule has 0 spiro atoms. The summed E-state index contributed by atoms with van der Waals surface area (Å²) in [7, 11) is 0. The van der Waals surface area contributed by atoms with Crippen molar-refractivity contribution in [3.05, 3.63) is 24.3 Å². The third kappa shape index (κ3) is 4.33. The van der Waals surface area contributed by atoms with Gasteiger partial charge in [0.15, 0.2) is 0 Å². The van der Waals surface area contributed by atoms with Gasteiger partial charge >= 0.3 is 11.8 Å². The molecule has 2 heterocycles. The maximum absolute atomic E-state index is 12.3. The van der Waals surface area contributed by atoms with Gasteiger partial charge in [-0.3, -0.25) is 14.4 Å².